The third-order valence-electron chi connectivity index (χ3n) is 2.85. The number of rotatable bonds is 7. The highest BCUT2D eigenvalue weighted by Gasteiger charge is 2.04. The van der Waals surface area contributed by atoms with Crippen LogP contribution in [0, 0.1) is 12.8 Å². The van der Waals surface area contributed by atoms with Gasteiger partial charge in [-0.3, -0.25) is 0 Å². The molecule has 1 aromatic carbocycles. The normalized spacial score (nSPS) is 12.5. The molecule has 0 saturated heterocycles. The molecule has 0 aliphatic rings. The van der Waals surface area contributed by atoms with Crippen molar-refractivity contribution in [1.82, 2.24) is 5.32 Å². The highest BCUT2D eigenvalue weighted by atomic mass is 35.5. The molecule has 0 bridgehead atoms. The largest absolute Gasteiger partial charge is 0.496 e. The number of alkyl halides is 1. The third kappa shape index (κ3) is 4.97. The zero-order chi connectivity index (χ0) is 12.7. The van der Waals surface area contributed by atoms with Gasteiger partial charge in [0.25, 0.3) is 0 Å². The second-order valence-electron chi connectivity index (χ2n) is 4.53. The molecule has 0 saturated carbocycles. The molecule has 1 atom stereocenters. The second-order valence-corrected chi connectivity index (χ2v) is 4.91. The lowest BCUT2D eigenvalue weighted by atomic mass is 10.1. The highest BCUT2D eigenvalue weighted by Crippen LogP contribution is 2.19. The Morgan fingerprint density at radius 1 is 1.41 bits per heavy atom. The van der Waals surface area contributed by atoms with Gasteiger partial charge in [-0.25, -0.2) is 0 Å². The first-order valence-electron chi connectivity index (χ1n) is 6.07. The maximum Gasteiger partial charge on any atom is 0.123 e. The number of aryl methyl sites for hydroxylation is 1. The van der Waals surface area contributed by atoms with Crippen molar-refractivity contribution in [1.29, 1.82) is 0 Å². The predicted octanol–water partition coefficient (Wildman–Crippen LogP) is 3.36. The van der Waals surface area contributed by atoms with Crippen LogP contribution < -0.4 is 10.1 Å². The van der Waals surface area contributed by atoms with E-state index in [1.165, 1.54) is 11.1 Å². The molecule has 0 radical (unpaired) electrons. The molecule has 0 fully saturated rings. The van der Waals surface area contributed by atoms with E-state index in [0.29, 0.717) is 5.92 Å². The molecular formula is C14H22ClNO. The molecule has 96 valence electrons. The summed E-state index contributed by atoms with van der Waals surface area (Å²) in [5.41, 5.74) is 2.47. The van der Waals surface area contributed by atoms with Crippen LogP contribution in [0.5, 0.6) is 5.75 Å². The fraction of sp³-hybridized carbons (Fsp3) is 0.571. The van der Waals surface area contributed by atoms with Crippen LogP contribution in [0.1, 0.15) is 24.5 Å². The maximum atomic E-state index is 5.71. The Hall–Kier alpha value is -0.730. The van der Waals surface area contributed by atoms with Gasteiger partial charge in [0.05, 0.1) is 7.11 Å². The van der Waals surface area contributed by atoms with Crippen molar-refractivity contribution in [2.45, 2.75) is 26.8 Å². The smallest absolute Gasteiger partial charge is 0.123 e. The molecule has 1 aromatic rings. The molecule has 0 aliphatic heterocycles. The Kier molecular flexibility index (Phi) is 6.38. The molecule has 1 N–H and O–H groups in total. The number of benzene rings is 1. The highest BCUT2D eigenvalue weighted by molar-refractivity contribution is 6.17. The Balaban J connectivity index is 2.48. The lowest BCUT2D eigenvalue weighted by Gasteiger charge is -2.13. The summed E-state index contributed by atoms with van der Waals surface area (Å²) in [5, 5.41) is 3.45. The van der Waals surface area contributed by atoms with E-state index in [4.69, 9.17) is 16.3 Å². The maximum absolute atomic E-state index is 5.71. The molecule has 0 amide bonds. The number of hydrogen-bond donors (Lipinski definition) is 1. The summed E-state index contributed by atoms with van der Waals surface area (Å²) >= 11 is 5.71. The first-order valence-corrected chi connectivity index (χ1v) is 6.61. The van der Waals surface area contributed by atoms with Gasteiger partial charge < -0.3 is 10.1 Å². The average molecular weight is 256 g/mol. The lowest BCUT2D eigenvalue weighted by Crippen LogP contribution is -2.21. The minimum Gasteiger partial charge on any atom is -0.496 e. The van der Waals surface area contributed by atoms with Crippen LogP contribution in [-0.2, 0) is 6.54 Å². The van der Waals surface area contributed by atoms with Gasteiger partial charge in [-0.05, 0) is 31.9 Å². The van der Waals surface area contributed by atoms with Gasteiger partial charge in [-0.2, -0.15) is 0 Å². The van der Waals surface area contributed by atoms with Gasteiger partial charge in [-0.1, -0.05) is 24.6 Å². The fourth-order valence-corrected chi connectivity index (χ4v) is 2.16. The molecule has 17 heavy (non-hydrogen) atoms. The average Bonchev–Trinajstić information content (AvgIpc) is 2.30. The van der Waals surface area contributed by atoms with E-state index < -0.39 is 0 Å². The number of methoxy groups -OCH3 is 1. The van der Waals surface area contributed by atoms with Gasteiger partial charge in [0.1, 0.15) is 5.75 Å². The first kappa shape index (κ1) is 14.3. The number of ether oxygens (including phenoxy) is 1. The summed E-state index contributed by atoms with van der Waals surface area (Å²) in [6.07, 6.45) is 1.06. The van der Waals surface area contributed by atoms with E-state index >= 15 is 0 Å². The molecular weight excluding hydrogens is 234 g/mol. The Bertz CT molecular complexity index is 341. The van der Waals surface area contributed by atoms with Crippen molar-refractivity contribution < 1.29 is 4.74 Å². The van der Waals surface area contributed by atoms with Crippen molar-refractivity contribution >= 4 is 11.6 Å². The van der Waals surface area contributed by atoms with Crippen LogP contribution >= 0.6 is 11.6 Å². The summed E-state index contributed by atoms with van der Waals surface area (Å²) < 4.78 is 5.34. The Labute approximate surface area is 109 Å². The molecule has 0 aliphatic carbocycles. The van der Waals surface area contributed by atoms with Gasteiger partial charge in [-0.15, -0.1) is 11.6 Å². The van der Waals surface area contributed by atoms with Crippen LogP contribution in [0.25, 0.3) is 0 Å². The molecule has 0 spiro atoms. The molecule has 1 rings (SSSR count). The van der Waals surface area contributed by atoms with E-state index in [0.717, 1.165) is 31.1 Å². The van der Waals surface area contributed by atoms with Gasteiger partial charge in [0.2, 0.25) is 0 Å². The molecule has 3 heteroatoms. The zero-order valence-electron chi connectivity index (χ0n) is 10.9. The molecule has 2 nitrogen and oxygen atoms in total. The molecule has 1 unspecified atom stereocenters. The van der Waals surface area contributed by atoms with Crippen molar-refractivity contribution in [3.63, 3.8) is 0 Å². The quantitative estimate of drug-likeness (QED) is 0.755. The number of hydrogen-bond acceptors (Lipinski definition) is 2. The molecule has 0 aromatic heterocycles. The Morgan fingerprint density at radius 3 is 2.82 bits per heavy atom. The van der Waals surface area contributed by atoms with Crippen LogP contribution in [0.15, 0.2) is 18.2 Å². The van der Waals surface area contributed by atoms with Gasteiger partial charge in [0, 0.05) is 18.0 Å². The summed E-state index contributed by atoms with van der Waals surface area (Å²) in [5.74, 6) is 2.30. The van der Waals surface area contributed by atoms with E-state index in [-0.39, 0.29) is 0 Å². The van der Waals surface area contributed by atoms with E-state index in [2.05, 4.69) is 31.3 Å². The van der Waals surface area contributed by atoms with Gasteiger partial charge in [0.15, 0.2) is 0 Å². The summed E-state index contributed by atoms with van der Waals surface area (Å²) in [6, 6.07) is 6.26. The fourth-order valence-electron chi connectivity index (χ4n) is 1.79. The minimum atomic E-state index is 0.614. The van der Waals surface area contributed by atoms with E-state index in [1.807, 2.05) is 6.07 Å². The van der Waals surface area contributed by atoms with Crippen LogP contribution in [0.2, 0.25) is 0 Å². The number of halogens is 1. The predicted molar refractivity (Wildman–Crippen MR) is 73.9 cm³/mol. The van der Waals surface area contributed by atoms with Crippen molar-refractivity contribution in [3.05, 3.63) is 29.3 Å². The van der Waals surface area contributed by atoms with Crippen LogP contribution in [0.4, 0.5) is 0 Å². The van der Waals surface area contributed by atoms with Crippen molar-refractivity contribution in [2.75, 3.05) is 19.5 Å². The third-order valence-corrected chi connectivity index (χ3v) is 3.06. The standard InChI is InChI=1S/C14H22ClNO/c1-11-4-5-14(17-3)13(8-11)10-16-9-12(2)6-7-15/h4-5,8,12,16H,6-7,9-10H2,1-3H3. The van der Waals surface area contributed by atoms with Gasteiger partial charge >= 0.3 is 0 Å². The summed E-state index contributed by atoms with van der Waals surface area (Å²) in [6.45, 7) is 6.14. The Morgan fingerprint density at radius 2 is 2.18 bits per heavy atom. The zero-order valence-corrected chi connectivity index (χ0v) is 11.7. The monoisotopic (exact) mass is 255 g/mol. The van der Waals surface area contributed by atoms with Crippen LogP contribution in [0.3, 0.4) is 0 Å². The van der Waals surface area contributed by atoms with Crippen molar-refractivity contribution in [3.8, 4) is 5.75 Å². The minimum absolute atomic E-state index is 0.614. The van der Waals surface area contributed by atoms with Crippen LogP contribution in [-0.4, -0.2) is 19.5 Å². The van der Waals surface area contributed by atoms with Crippen molar-refractivity contribution in [2.24, 2.45) is 5.92 Å². The van der Waals surface area contributed by atoms with E-state index in [1.54, 1.807) is 7.11 Å². The second kappa shape index (κ2) is 7.57. The summed E-state index contributed by atoms with van der Waals surface area (Å²) in [7, 11) is 1.71. The van der Waals surface area contributed by atoms with E-state index in [9.17, 15) is 0 Å². The lowest BCUT2D eigenvalue weighted by molar-refractivity contribution is 0.405. The first-order chi connectivity index (χ1) is 8.17. The summed E-state index contributed by atoms with van der Waals surface area (Å²) in [4.78, 5) is 0. The molecule has 0 heterocycles. The topological polar surface area (TPSA) is 21.3 Å². The SMILES string of the molecule is COc1ccc(C)cc1CNCC(C)CCCl. The number of nitrogens with one attached hydrogen (secondary N) is 1.